The molecule has 0 atom stereocenters. The summed E-state index contributed by atoms with van der Waals surface area (Å²) in [4.78, 5) is 13.0. The summed E-state index contributed by atoms with van der Waals surface area (Å²) in [5.41, 5.74) is 14.5. The quantitative estimate of drug-likeness (QED) is 0.225. The Morgan fingerprint density at radius 3 is 1.49 bits per heavy atom. The predicted molar refractivity (Wildman–Crippen MR) is 145 cm³/mol. The minimum atomic E-state index is 0. The van der Waals surface area contributed by atoms with Crippen molar-refractivity contribution in [2.45, 2.75) is 38.8 Å². The lowest BCUT2D eigenvalue weighted by Gasteiger charge is -2.13. The normalized spacial score (nSPS) is 13.6. The molecule has 0 bridgehead atoms. The number of phenols is 2. The summed E-state index contributed by atoms with van der Waals surface area (Å²) in [5.74, 6) is 2.41. The average molecular weight is 523 g/mol. The molecule has 2 aromatic rings. The van der Waals surface area contributed by atoms with Gasteiger partial charge in [0.05, 0.1) is 12.8 Å². The van der Waals surface area contributed by atoms with Crippen molar-refractivity contribution in [2.24, 2.45) is 0 Å². The lowest BCUT2D eigenvalue weighted by atomic mass is 10.1. The fraction of sp³-hybridized carbons (Fsp3) is 0.250. The number of halogens is 2. The summed E-state index contributed by atoms with van der Waals surface area (Å²) in [6, 6.07) is 10.2. The van der Waals surface area contributed by atoms with E-state index in [1.807, 2.05) is 22.2 Å². The predicted octanol–water partition coefficient (Wildman–Crippen LogP) is 2.58. The van der Waals surface area contributed by atoms with E-state index in [0.717, 1.165) is 48.5 Å². The molecule has 2 aliphatic heterocycles. The molecule has 0 saturated heterocycles. The summed E-state index contributed by atoms with van der Waals surface area (Å²) in [6.45, 7) is 1.06. The molecule has 0 unspecified atom stereocenters. The Labute approximate surface area is 217 Å². The molecular formula is C24H32Cl2N6O3+2. The number of nitrogens with zero attached hydrogens (tertiary/aromatic N) is 4. The van der Waals surface area contributed by atoms with Crippen molar-refractivity contribution in [3.05, 3.63) is 72.3 Å². The Hall–Kier alpha value is -3.40. The average Bonchev–Trinajstić information content (AvgIpc) is 3.40. The van der Waals surface area contributed by atoms with Gasteiger partial charge < -0.3 is 27.2 Å². The fourth-order valence-corrected chi connectivity index (χ4v) is 3.82. The van der Waals surface area contributed by atoms with Gasteiger partial charge in [-0.1, -0.05) is 9.98 Å². The SMILES string of the molecule is Cl.Cl.Nc1ccc(O)c(CN2C=C[N+]=C2CCCCC2=[N+]C=CN2Cc2cc(N)ccc2O)c1.O. The van der Waals surface area contributed by atoms with Crippen LogP contribution >= 0.6 is 24.8 Å². The van der Waals surface area contributed by atoms with Crippen LogP contribution in [0.3, 0.4) is 0 Å². The molecule has 0 saturated carbocycles. The van der Waals surface area contributed by atoms with Crippen molar-refractivity contribution in [3.63, 3.8) is 0 Å². The van der Waals surface area contributed by atoms with Crippen molar-refractivity contribution < 1.29 is 15.7 Å². The van der Waals surface area contributed by atoms with Gasteiger partial charge in [-0.3, -0.25) is 0 Å². The first-order valence-electron chi connectivity index (χ1n) is 10.6. The maximum Gasteiger partial charge on any atom is 0.298 e. The molecule has 0 aliphatic carbocycles. The molecule has 11 heteroatoms. The summed E-state index contributed by atoms with van der Waals surface area (Å²) < 4.78 is 0. The second-order valence-electron chi connectivity index (χ2n) is 7.93. The summed E-state index contributed by atoms with van der Waals surface area (Å²) in [7, 11) is 0. The number of phenolic OH excluding ortho intramolecular Hbond substituents is 2. The van der Waals surface area contributed by atoms with Gasteiger partial charge in [0.1, 0.15) is 37.0 Å². The molecule has 4 rings (SSSR count). The second kappa shape index (κ2) is 13.5. The highest BCUT2D eigenvalue weighted by atomic mass is 35.5. The summed E-state index contributed by atoms with van der Waals surface area (Å²) in [5, 5.41) is 20.2. The van der Waals surface area contributed by atoms with Gasteiger partial charge in [0.15, 0.2) is 12.4 Å². The van der Waals surface area contributed by atoms with Crippen molar-refractivity contribution in [3.8, 4) is 11.5 Å². The Bertz CT molecular complexity index is 1030. The first-order chi connectivity index (χ1) is 15.5. The van der Waals surface area contributed by atoms with Crippen LogP contribution in [0.1, 0.15) is 36.8 Å². The summed E-state index contributed by atoms with van der Waals surface area (Å²) >= 11 is 0. The van der Waals surface area contributed by atoms with E-state index in [-0.39, 0.29) is 41.8 Å². The highest BCUT2D eigenvalue weighted by molar-refractivity contribution is 5.86. The van der Waals surface area contributed by atoms with Crippen LogP contribution in [0, 0.1) is 0 Å². The number of hydrogen-bond acceptors (Lipinski definition) is 8. The molecule has 2 radical (unpaired) electrons. The van der Waals surface area contributed by atoms with Crippen LogP contribution in [0.5, 0.6) is 11.5 Å². The first kappa shape index (κ1) is 29.6. The third kappa shape index (κ3) is 7.54. The molecule has 8 N–H and O–H groups in total. The summed E-state index contributed by atoms with van der Waals surface area (Å²) in [6.07, 6.45) is 11.0. The van der Waals surface area contributed by atoms with E-state index >= 15 is 0 Å². The topological polar surface area (TPSA) is 159 Å². The van der Waals surface area contributed by atoms with Crippen molar-refractivity contribution >= 4 is 47.9 Å². The molecule has 0 aromatic heterocycles. The molecule has 188 valence electrons. The van der Waals surface area contributed by atoms with Gasteiger partial charge in [-0.05, 0) is 49.2 Å². The lowest BCUT2D eigenvalue weighted by Crippen LogP contribution is -2.26. The molecule has 2 aliphatic rings. The molecule has 2 heterocycles. The van der Waals surface area contributed by atoms with Crippen molar-refractivity contribution in [2.75, 3.05) is 11.5 Å². The van der Waals surface area contributed by atoms with Gasteiger partial charge in [-0.15, -0.1) is 24.8 Å². The molecule has 35 heavy (non-hydrogen) atoms. The van der Waals surface area contributed by atoms with E-state index < -0.39 is 0 Å². The van der Waals surface area contributed by atoms with E-state index in [4.69, 9.17) is 11.5 Å². The molecule has 0 amide bonds. The first-order valence-corrected chi connectivity index (χ1v) is 10.6. The van der Waals surface area contributed by atoms with Gasteiger partial charge in [0.2, 0.25) is 0 Å². The van der Waals surface area contributed by atoms with E-state index in [0.29, 0.717) is 24.5 Å². The Balaban J connectivity index is 0.00000204. The number of aromatic hydroxyl groups is 2. The number of aliphatic imine (C=N–C) groups is 2. The standard InChI is InChI=1S/C24H28N6O2.2ClH.H2O/c25-19-5-7-21(31)17(13-19)15-29-11-9-27-23(29)3-1-2-4-24-28-10-12-30(24)16-18-14-20(26)6-8-22(18)32;;;/h5-14,31-32H,1-4,15-16,25-26H2;2*1H;1H2/q+2;;;. The van der Waals surface area contributed by atoms with E-state index in [2.05, 4.69) is 9.98 Å². The van der Waals surface area contributed by atoms with Crippen LogP contribution in [0.15, 0.2) is 61.2 Å². The number of nitrogens with two attached hydrogens (primary N) is 2. The van der Waals surface area contributed by atoms with E-state index in [9.17, 15) is 10.2 Å². The second-order valence-corrected chi connectivity index (χ2v) is 7.93. The smallest absolute Gasteiger partial charge is 0.298 e. The maximum atomic E-state index is 10.1. The highest BCUT2D eigenvalue weighted by Gasteiger charge is 2.27. The molecule has 2 aromatic carbocycles. The lowest BCUT2D eigenvalue weighted by molar-refractivity contribution is 0.450. The molecule has 0 fully saturated rings. The number of rotatable bonds is 9. The largest absolute Gasteiger partial charge is 0.508 e. The zero-order valence-corrected chi connectivity index (χ0v) is 20.8. The van der Waals surface area contributed by atoms with Gasteiger partial charge in [0, 0.05) is 22.5 Å². The third-order valence-electron chi connectivity index (χ3n) is 5.54. The van der Waals surface area contributed by atoms with Crippen LogP contribution in [0.2, 0.25) is 0 Å². The maximum absolute atomic E-state index is 10.1. The van der Waals surface area contributed by atoms with Crippen LogP contribution in [0.4, 0.5) is 11.4 Å². The minimum absolute atomic E-state index is 0. The molecule has 0 spiro atoms. The van der Waals surface area contributed by atoms with Crippen LogP contribution in [-0.4, -0.2) is 37.2 Å². The van der Waals surface area contributed by atoms with Crippen LogP contribution in [-0.2, 0) is 13.1 Å². The van der Waals surface area contributed by atoms with Gasteiger partial charge in [-0.25, -0.2) is 9.80 Å². The fourth-order valence-electron chi connectivity index (χ4n) is 3.82. The van der Waals surface area contributed by atoms with Gasteiger partial charge in [0.25, 0.3) is 11.7 Å². The molecular weight excluding hydrogens is 491 g/mol. The zero-order valence-electron chi connectivity index (χ0n) is 19.2. The van der Waals surface area contributed by atoms with Crippen LogP contribution < -0.4 is 21.5 Å². The molecule has 9 nitrogen and oxygen atoms in total. The van der Waals surface area contributed by atoms with E-state index in [1.165, 1.54) is 0 Å². The third-order valence-corrected chi connectivity index (χ3v) is 5.54. The Morgan fingerprint density at radius 2 is 1.09 bits per heavy atom. The monoisotopic (exact) mass is 522 g/mol. The van der Waals surface area contributed by atoms with Crippen LogP contribution in [0.25, 0.3) is 0 Å². The number of unbranched alkanes of at least 4 members (excludes halogenated alkanes) is 1. The number of hydrogen-bond donors (Lipinski definition) is 4. The number of nitrogen functional groups attached to an aromatic ring is 2. The number of benzene rings is 2. The number of anilines is 2. The van der Waals surface area contributed by atoms with Gasteiger partial charge >= 0.3 is 0 Å². The van der Waals surface area contributed by atoms with E-state index in [1.54, 1.807) is 48.8 Å². The minimum Gasteiger partial charge on any atom is -0.508 e. The van der Waals surface area contributed by atoms with Gasteiger partial charge in [-0.2, -0.15) is 0 Å². The van der Waals surface area contributed by atoms with Crippen molar-refractivity contribution in [1.29, 1.82) is 0 Å². The highest BCUT2D eigenvalue weighted by Crippen LogP contribution is 2.24. The Kier molecular flexibility index (Phi) is 11.4. The zero-order chi connectivity index (χ0) is 22.5. The Morgan fingerprint density at radius 1 is 0.686 bits per heavy atom. The van der Waals surface area contributed by atoms with Crippen molar-refractivity contribution in [1.82, 2.24) is 19.8 Å². The number of amidine groups is 2.